The molecular weight excluding hydrogens is 150 g/mol. The maximum Gasteiger partial charge on any atom is 0.101 e. The number of hydrogen-bond donors (Lipinski definition) is 2. The molecule has 1 aromatic carbocycles. The van der Waals surface area contributed by atoms with Gasteiger partial charge in [0.25, 0.3) is 0 Å². The third-order valence-electron chi connectivity index (χ3n) is 1.83. The fourth-order valence-electron chi connectivity index (χ4n) is 1.08. The second kappa shape index (κ2) is 4.91. The van der Waals surface area contributed by atoms with E-state index in [1.54, 1.807) is 0 Å². The van der Waals surface area contributed by atoms with Crippen LogP contribution >= 0.6 is 0 Å². The molecule has 0 aliphatic heterocycles. The Bertz CT molecular complexity index is 218. The van der Waals surface area contributed by atoms with Crippen molar-refractivity contribution < 1.29 is 10.4 Å². The van der Waals surface area contributed by atoms with Gasteiger partial charge in [0.2, 0.25) is 0 Å². The Labute approximate surface area is 73.2 Å². The van der Waals surface area contributed by atoms with Crippen molar-refractivity contribution in [1.29, 1.82) is 0 Å². The summed E-state index contributed by atoms with van der Waals surface area (Å²) in [5.74, 6) is 0. The molecule has 1 rings (SSSR count). The van der Waals surface area contributed by atoms with E-state index in [4.69, 9.17) is 5.11 Å². The number of rotatable bonds is 4. The first-order chi connectivity index (χ1) is 5.83. The van der Waals surface area contributed by atoms with Crippen LogP contribution in [0.25, 0.3) is 0 Å². The molecule has 0 saturated heterocycles. The Kier molecular flexibility index (Phi) is 3.77. The van der Waals surface area contributed by atoms with Gasteiger partial charge in [-0.15, -0.1) is 0 Å². The molecule has 0 radical (unpaired) electrons. The highest BCUT2D eigenvalue weighted by molar-refractivity contribution is 5.20. The summed E-state index contributed by atoms with van der Waals surface area (Å²) < 4.78 is 0. The van der Waals surface area contributed by atoms with Gasteiger partial charge in [-0.05, 0) is 6.92 Å². The van der Waals surface area contributed by atoms with E-state index in [1.807, 2.05) is 0 Å². The SMILES string of the molecule is Cc1ccc(C[NH2+]CCO)cc1. The lowest BCUT2D eigenvalue weighted by Gasteiger charge is -1.99. The van der Waals surface area contributed by atoms with E-state index in [9.17, 15) is 0 Å². The molecule has 3 N–H and O–H groups in total. The van der Waals surface area contributed by atoms with Gasteiger partial charge in [-0.1, -0.05) is 29.8 Å². The van der Waals surface area contributed by atoms with Crippen LogP contribution in [-0.2, 0) is 6.54 Å². The minimum atomic E-state index is 0.256. The summed E-state index contributed by atoms with van der Waals surface area (Å²) in [7, 11) is 0. The predicted octanol–water partition coefficient (Wildman–Crippen LogP) is 0.0507. The van der Waals surface area contributed by atoms with Crippen molar-refractivity contribution in [3.8, 4) is 0 Å². The Hall–Kier alpha value is -0.860. The van der Waals surface area contributed by atoms with Gasteiger partial charge >= 0.3 is 0 Å². The molecule has 0 aromatic heterocycles. The fourth-order valence-corrected chi connectivity index (χ4v) is 1.08. The van der Waals surface area contributed by atoms with Crippen LogP contribution < -0.4 is 5.32 Å². The van der Waals surface area contributed by atoms with Crippen LogP contribution in [0.4, 0.5) is 0 Å². The highest BCUT2D eigenvalue weighted by Crippen LogP contribution is 2.00. The van der Waals surface area contributed by atoms with E-state index < -0.39 is 0 Å². The van der Waals surface area contributed by atoms with Crippen molar-refractivity contribution in [2.75, 3.05) is 13.2 Å². The van der Waals surface area contributed by atoms with E-state index in [0.29, 0.717) is 0 Å². The third kappa shape index (κ3) is 3.03. The van der Waals surface area contributed by atoms with Crippen molar-refractivity contribution in [3.63, 3.8) is 0 Å². The molecule has 66 valence electrons. The first-order valence-electron chi connectivity index (χ1n) is 4.31. The summed E-state index contributed by atoms with van der Waals surface area (Å²) in [6, 6.07) is 8.48. The highest BCUT2D eigenvalue weighted by Gasteiger charge is 1.93. The molecule has 2 nitrogen and oxygen atoms in total. The molecule has 0 aliphatic rings. The monoisotopic (exact) mass is 166 g/mol. The van der Waals surface area contributed by atoms with Crippen molar-refractivity contribution in [2.45, 2.75) is 13.5 Å². The summed E-state index contributed by atoms with van der Waals surface area (Å²) in [6.07, 6.45) is 0. The molecule has 0 heterocycles. The number of quaternary nitrogens is 1. The highest BCUT2D eigenvalue weighted by atomic mass is 16.3. The molecule has 1 aromatic rings. The van der Waals surface area contributed by atoms with Crippen LogP contribution in [0, 0.1) is 6.92 Å². The van der Waals surface area contributed by atoms with Gasteiger partial charge < -0.3 is 10.4 Å². The molecule has 0 fully saturated rings. The standard InChI is InChI=1S/C10H15NO/c1-9-2-4-10(5-3-9)8-11-6-7-12/h2-5,11-12H,6-8H2,1H3/p+1. The molecule has 12 heavy (non-hydrogen) atoms. The maximum absolute atomic E-state index is 8.56. The number of aliphatic hydroxyl groups excluding tert-OH is 1. The zero-order chi connectivity index (χ0) is 8.81. The maximum atomic E-state index is 8.56. The lowest BCUT2D eigenvalue weighted by atomic mass is 10.1. The van der Waals surface area contributed by atoms with Gasteiger partial charge in [0, 0.05) is 5.56 Å². The number of aliphatic hydroxyl groups is 1. The molecule has 2 heteroatoms. The zero-order valence-corrected chi connectivity index (χ0v) is 7.46. The Morgan fingerprint density at radius 2 is 1.92 bits per heavy atom. The number of benzene rings is 1. The van der Waals surface area contributed by atoms with Gasteiger partial charge in [0.15, 0.2) is 0 Å². The van der Waals surface area contributed by atoms with Gasteiger partial charge in [-0.25, -0.2) is 0 Å². The van der Waals surface area contributed by atoms with Gasteiger partial charge in [-0.3, -0.25) is 0 Å². The Balaban J connectivity index is 2.37. The van der Waals surface area contributed by atoms with Crippen LogP contribution in [0.3, 0.4) is 0 Å². The number of hydrogen-bond acceptors (Lipinski definition) is 1. The summed E-state index contributed by atoms with van der Waals surface area (Å²) >= 11 is 0. The summed E-state index contributed by atoms with van der Waals surface area (Å²) in [4.78, 5) is 0. The van der Waals surface area contributed by atoms with E-state index in [0.717, 1.165) is 13.1 Å². The molecule has 0 bridgehead atoms. The average Bonchev–Trinajstić information content (AvgIpc) is 2.09. The lowest BCUT2D eigenvalue weighted by molar-refractivity contribution is -0.671. The topological polar surface area (TPSA) is 36.8 Å². The van der Waals surface area contributed by atoms with Crippen LogP contribution in [0.5, 0.6) is 0 Å². The summed E-state index contributed by atoms with van der Waals surface area (Å²) in [5, 5.41) is 10.7. The Morgan fingerprint density at radius 1 is 1.25 bits per heavy atom. The van der Waals surface area contributed by atoms with Crippen LogP contribution in [0.1, 0.15) is 11.1 Å². The largest absolute Gasteiger partial charge is 0.391 e. The predicted molar refractivity (Wildman–Crippen MR) is 48.8 cm³/mol. The van der Waals surface area contributed by atoms with E-state index in [2.05, 4.69) is 36.5 Å². The molecule has 0 unspecified atom stereocenters. The number of aryl methyl sites for hydroxylation is 1. The molecular formula is C10H16NO+. The average molecular weight is 166 g/mol. The van der Waals surface area contributed by atoms with E-state index in [1.165, 1.54) is 11.1 Å². The van der Waals surface area contributed by atoms with Crippen molar-refractivity contribution in [3.05, 3.63) is 35.4 Å². The van der Waals surface area contributed by atoms with Crippen LogP contribution in [0.15, 0.2) is 24.3 Å². The van der Waals surface area contributed by atoms with E-state index in [-0.39, 0.29) is 6.61 Å². The lowest BCUT2D eigenvalue weighted by Crippen LogP contribution is -2.83. The molecule has 0 aliphatic carbocycles. The second-order valence-corrected chi connectivity index (χ2v) is 2.99. The van der Waals surface area contributed by atoms with Gasteiger partial charge in [-0.2, -0.15) is 0 Å². The first-order valence-corrected chi connectivity index (χ1v) is 4.31. The normalized spacial score (nSPS) is 10.2. The zero-order valence-electron chi connectivity index (χ0n) is 7.46. The number of nitrogens with two attached hydrogens (primary N) is 1. The molecule has 0 atom stereocenters. The summed E-state index contributed by atoms with van der Waals surface area (Å²) in [5.41, 5.74) is 2.61. The molecule has 0 amide bonds. The molecule has 0 saturated carbocycles. The smallest absolute Gasteiger partial charge is 0.101 e. The van der Waals surface area contributed by atoms with Crippen molar-refractivity contribution in [2.24, 2.45) is 0 Å². The Morgan fingerprint density at radius 3 is 2.50 bits per heavy atom. The van der Waals surface area contributed by atoms with Gasteiger partial charge in [0.1, 0.15) is 6.54 Å². The van der Waals surface area contributed by atoms with Crippen LogP contribution in [-0.4, -0.2) is 18.3 Å². The van der Waals surface area contributed by atoms with Crippen molar-refractivity contribution in [1.82, 2.24) is 0 Å². The third-order valence-corrected chi connectivity index (χ3v) is 1.83. The van der Waals surface area contributed by atoms with Gasteiger partial charge in [0.05, 0.1) is 13.2 Å². The minimum absolute atomic E-state index is 0.256. The fraction of sp³-hybridized carbons (Fsp3) is 0.400. The molecule has 0 spiro atoms. The van der Waals surface area contributed by atoms with Crippen molar-refractivity contribution >= 4 is 0 Å². The first kappa shape index (κ1) is 9.23. The van der Waals surface area contributed by atoms with E-state index >= 15 is 0 Å². The quantitative estimate of drug-likeness (QED) is 0.609. The second-order valence-electron chi connectivity index (χ2n) is 2.99. The minimum Gasteiger partial charge on any atom is -0.391 e. The van der Waals surface area contributed by atoms with Crippen LogP contribution in [0.2, 0.25) is 0 Å². The summed E-state index contributed by atoms with van der Waals surface area (Å²) in [6.45, 7) is 4.09.